The Balaban J connectivity index is 2.27. The molecule has 1 fully saturated rings. The third kappa shape index (κ3) is 2.18. The maximum absolute atomic E-state index is 6.14. The van der Waals surface area contributed by atoms with E-state index in [-0.39, 0.29) is 0 Å². The van der Waals surface area contributed by atoms with Gasteiger partial charge in [0.15, 0.2) is 0 Å². The van der Waals surface area contributed by atoms with Crippen LogP contribution in [0.4, 0.5) is 5.69 Å². The number of aromatic nitrogens is 2. The van der Waals surface area contributed by atoms with E-state index in [0.717, 1.165) is 19.4 Å². The molecule has 2 rings (SSSR count). The van der Waals surface area contributed by atoms with Crippen molar-refractivity contribution in [3.63, 3.8) is 0 Å². The second kappa shape index (κ2) is 4.69. The predicted molar refractivity (Wildman–Crippen MR) is 71.2 cm³/mol. The summed E-state index contributed by atoms with van der Waals surface area (Å²) >= 11 is 0. The van der Waals surface area contributed by atoms with E-state index in [1.807, 2.05) is 11.7 Å². The molecule has 0 radical (unpaired) electrons. The number of hydrogen-bond acceptors (Lipinski definition) is 3. The first-order valence-corrected chi connectivity index (χ1v) is 6.59. The van der Waals surface area contributed by atoms with Crippen molar-refractivity contribution in [2.24, 2.45) is 18.7 Å². The minimum atomic E-state index is 0.336. The van der Waals surface area contributed by atoms with Gasteiger partial charge in [-0.25, -0.2) is 0 Å². The van der Waals surface area contributed by atoms with Gasteiger partial charge in [0.1, 0.15) is 0 Å². The van der Waals surface area contributed by atoms with Crippen molar-refractivity contribution in [2.45, 2.75) is 45.7 Å². The zero-order valence-corrected chi connectivity index (χ0v) is 11.3. The summed E-state index contributed by atoms with van der Waals surface area (Å²) in [7, 11) is 1.99. The van der Waals surface area contributed by atoms with E-state index in [0.29, 0.717) is 18.0 Å². The summed E-state index contributed by atoms with van der Waals surface area (Å²) < 4.78 is 1.92. The Labute approximate surface area is 104 Å². The first-order valence-electron chi connectivity index (χ1n) is 6.59. The van der Waals surface area contributed by atoms with Crippen LogP contribution < -0.4 is 10.6 Å². The van der Waals surface area contributed by atoms with Crippen LogP contribution in [0.2, 0.25) is 0 Å². The van der Waals surface area contributed by atoms with Gasteiger partial charge in [-0.15, -0.1) is 0 Å². The monoisotopic (exact) mass is 236 g/mol. The molecule has 96 valence electrons. The van der Waals surface area contributed by atoms with Crippen molar-refractivity contribution in [2.75, 3.05) is 11.4 Å². The predicted octanol–water partition coefficient (Wildman–Crippen LogP) is 1.54. The summed E-state index contributed by atoms with van der Waals surface area (Å²) in [6.07, 6.45) is 4.20. The normalized spacial score (nSPS) is 29.7. The quantitative estimate of drug-likeness (QED) is 0.847. The number of anilines is 1. The van der Waals surface area contributed by atoms with Crippen LogP contribution >= 0.6 is 0 Å². The number of rotatable bonds is 2. The SMILES string of the molecule is CCc1nn(C)cc1N1CCC(N)C(C)C1C. The second-order valence-electron chi connectivity index (χ2n) is 5.23. The van der Waals surface area contributed by atoms with Crippen molar-refractivity contribution >= 4 is 5.69 Å². The number of nitrogens with two attached hydrogens (primary N) is 1. The van der Waals surface area contributed by atoms with Gasteiger partial charge in [0, 0.05) is 31.9 Å². The molecule has 3 unspecified atom stereocenters. The fraction of sp³-hybridized carbons (Fsp3) is 0.769. The topological polar surface area (TPSA) is 47.1 Å². The molecule has 0 aliphatic carbocycles. The third-order valence-corrected chi connectivity index (χ3v) is 4.16. The zero-order chi connectivity index (χ0) is 12.6. The number of aryl methyl sites for hydroxylation is 2. The molecule has 1 saturated heterocycles. The Hall–Kier alpha value is -1.03. The Kier molecular flexibility index (Phi) is 3.43. The van der Waals surface area contributed by atoms with Crippen LogP contribution in [0, 0.1) is 5.92 Å². The molecular weight excluding hydrogens is 212 g/mol. The van der Waals surface area contributed by atoms with Crippen LogP contribution in [-0.4, -0.2) is 28.4 Å². The molecular formula is C13H24N4. The summed E-state index contributed by atoms with van der Waals surface area (Å²) in [6, 6.07) is 0.830. The van der Waals surface area contributed by atoms with Crippen molar-refractivity contribution < 1.29 is 0 Å². The average molecular weight is 236 g/mol. The molecule has 17 heavy (non-hydrogen) atoms. The molecule has 0 amide bonds. The average Bonchev–Trinajstić information content (AvgIpc) is 2.67. The first-order chi connectivity index (χ1) is 8.04. The molecule has 1 aromatic rings. The lowest BCUT2D eigenvalue weighted by Crippen LogP contribution is -2.52. The molecule has 0 bridgehead atoms. The molecule has 4 nitrogen and oxygen atoms in total. The Morgan fingerprint density at radius 1 is 1.47 bits per heavy atom. The molecule has 0 saturated carbocycles. The second-order valence-corrected chi connectivity index (χ2v) is 5.23. The molecule has 1 aliphatic rings. The van der Waals surface area contributed by atoms with Crippen LogP contribution in [0.3, 0.4) is 0 Å². The highest BCUT2D eigenvalue weighted by Gasteiger charge is 2.31. The summed E-state index contributed by atoms with van der Waals surface area (Å²) in [4.78, 5) is 2.47. The minimum Gasteiger partial charge on any atom is -0.366 e. The standard InChI is InChI=1S/C13H24N4/c1-5-12-13(8-16(4)15-12)17-7-6-11(14)9(2)10(17)3/h8-11H,5-7,14H2,1-4H3. The Morgan fingerprint density at radius 2 is 2.18 bits per heavy atom. The highest BCUT2D eigenvalue weighted by Crippen LogP contribution is 2.30. The van der Waals surface area contributed by atoms with Crippen molar-refractivity contribution in [3.05, 3.63) is 11.9 Å². The van der Waals surface area contributed by atoms with Gasteiger partial charge in [-0.2, -0.15) is 5.10 Å². The largest absolute Gasteiger partial charge is 0.366 e. The molecule has 2 heterocycles. The molecule has 4 heteroatoms. The molecule has 1 aromatic heterocycles. The first kappa shape index (κ1) is 12.4. The van der Waals surface area contributed by atoms with E-state index >= 15 is 0 Å². The van der Waals surface area contributed by atoms with E-state index in [4.69, 9.17) is 5.73 Å². The van der Waals surface area contributed by atoms with E-state index in [1.54, 1.807) is 0 Å². The van der Waals surface area contributed by atoms with Gasteiger partial charge in [0.25, 0.3) is 0 Å². The Morgan fingerprint density at radius 3 is 2.82 bits per heavy atom. The maximum Gasteiger partial charge on any atom is 0.0855 e. The number of hydrogen-bond donors (Lipinski definition) is 1. The van der Waals surface area contributed by atoms with Gasteiger partial charge in [-0.1, -0.05) is 13.8 Å². The lowest BCUT2D eigenvalue weighted by atomic mass is 9.87. The minimum absolute atomic E-state index is 0.336. The van der Waals surface area contributed by atoms with E-state index in [9.17, 15) is 0 Å². The molecule has 2 N–H and O–H groups in total. The summed E-state index contributed by atoms with van der Waals surface area (Å²) in [5.41, 5.74) is 8.63. The van der Waals surface area contributed by atoms with E-state index in [2.05, 4.69) is 37.0 Å². The van der Waals surface area contributed by atoms with Crippen molar-refractivity contribution in [1.82, 2.24) is 9.78 Å². The highest BCUT2D eigenvalue weighted by atomic mass is 15.3. The van der Waals surface area contributed by atoms with Crippen LogP contribution in [0.25, 0.3) is 0 Å². The molecule has 3 atom stereocenters. The van der Waals surface area contributed by atoms with Crippen molar-refractivity contribution in [1.29, 1.82) is 0 Å². The lowest BCUT2D eigenvalue weighted by Gasteiger charge is -2.42. The van der Waals surface area contributed by atoms with Gasteiger partial charge in [0.05, 0.1) is 11.4 Å². The summed E-state index contributed by atoms with van der Waals surface area (Å²) in [5.74, 6) is 0.536. The summed E-state index contributed by atoms with van der Waals surface area (Å²) in [6.45, 7) is 7.74. The van der Waals surface area contributed by atoms with Crippen LogP contribution in [-0.2, 0) is 13.5 Å². The third-order valence-electron chi connectivity index (χ3n) is 4.16. The summed E-state index contributed by atoms with van der Waals surface area (Å²) in [5, 5.41) is 4.53. The van der Waals surface area contributed by atoms with Crippen LogP contribution in [0.1, 0.15) is 32.9 Å². The van der Waals surface area contributed by atoms with Gasteiger partial charge < -0.3 is 10.6 Å². The molecule has 1 aliphatic heterocycles. The van der Waals surface area contributed by atoms with Gasteiger partial charge in [-0.05, 0) is 25.7 Å². The zero-order valence-electron chi connectivity index (χ0n) is 11.3. The van der Waals surface area contributed by atoms with E-state index in [1.165, 1.54) is 11.4 Å². The fourth-order valence-corrected chi connectivity index (χ4v) is 2.75. The number of piperidine rings is 1. The van der Waals surface area contributed by atoms with Crippen LogP contribution in [0.15, 0.2) is 6.20 Å². The number of nitrogens with zero attached hydrogens (tertiary/aromatic N) is 3. The molecule has 0 aromatic carbocycles. The fourth-order valence-electron chi connectivity index (χ4n) is 2.75. The maximum atomic E-state index is 6.14. The lowest BCUT2D eigenvalue weighted by molar-refractivity contribution is 0.315. The van der Waals surface area contributed by atoms with Gasteiger partial charge in [0.2, 0.25) is 0 Å². The van der Waals surface area contributed by atoms with Crippen molar-refractivity contribution in [3.8, 4) is 0 Å². The van der Waals surface area contributed by atoms with Gasteiger partial charge >= 0.3 is 0 Å². The van der Waals surface area contributed by atoms with E-state index < -0.39 is 0 Å². The Bertz CT molecular complexity index is 385. The van der Waals surface area contributed by atoms with Crippen LogP contribution in [0.5, 0.6) is 0 Å². The highest BCUT2D eigenvalue weighted by molar-refractivity contribution is 5.51. The van der Waals surface area contributed by atoms with Gasteiger partial charge in [-0.3, -0.25) is 4.68 Å². The molecule has 0 spiro atoms. The smallest absolute Gasteiger partial charge is 0.0855 e.